The van der Waals surface area contributed by atoms with Gasteiger partial charge in [-0.2, -0.15) is 4.31 Å². The van der Waals surface area contributed by atoms with Gasteiger partial charge < -0.3 is 9.47 Å². The van der Waals surface area contributed by atoms with Gasteiger partial charge in [0.05, 0.1) is 30.9 Å². The van der Waals surface area contributed by atoms with Crippen LogP contribution in [0.3, 0.4) is 0 Å². The molecular weight excluding hydrogens is 340 g/mol. The van der Waals surface area contributed by atoms with E-state index < -0.39 is 10.0 Å². The zero-order valence-electron chi connectivity index (χ0n) is 14.0. The van der Waals surface area contributed by atoms with Gasteiger partial charge in [-0.1, -0.05) is 12.1 Å². The molecule has 3 rings (SSSR count). The summed E-state index contributed by atoms with van der Waals surface area (Å²) in [5.41, 5.74) is 1.53. The molecule has 7 heteroatoms. The van der Waals surface area contributed by atoms with Gasteiger partial charge >= 0.3 is 0 Å². The molecule has 6 nitrogen and oxygen atoms in total. The Kier molecular flexibility index (Phi) is 5.47. The predicted molar refractivity (Wildman–Crippen MR) is 96.3 cm³/mol. The number of methoxy groups -OCH3 is 1. The maximum Gasteiger partial charge on any atom is 0.243 e. The second-order valence-corrected chi connectivity index (χ2v) is 7.45. The first kappa shape index (κ1) is 17.6. The van der Waals surface area contributed by atoms with Crippen LogP contribution in [0, 0.1) is 0 Å². The highest BCUT2D eigenvalue weighted by molar-refractivity contribution is 7.89. The number of hydrogen-bond acceptors (Lipinski definition) is 5. The Bertz CT molecular complexity index is 842. The van der Waals surface area contributed by atoms with E-state index in [9.17, 15) is 8.42 Å². The Morgan fingerprint density at radius 1 is 1.08 bits per heavy atom. The molecule has 1 aliphatic heterocycles. The minimum absolute atomic E-state index is 0.269. The fraction of sp³-hybridized carbons (Fsp3) is 0.278. The van der Waals surface area contributed by atoms with E-state index in [1.165, 1.54) is 4.31 Å². The van der Waals surface area contributed by atoms with Crippen molar-refractivity contribution in [2.24, 2.45) is 4.99 Å². The maximum atomic E-state index is 12.6. The van der Waals surface area contributed by atoms with Crippen LogP contribution in [0.4, 0.5) is 5.69 Å². The van der Waals surface area contributed by atoms with E-state index >= 15 is 0 Å². The molecule has 0 spiro atoms. The third-order valence-electron chi connectivity index (χ3n) is 3.94. The summed E-state index contributed by atoms with van der Waals surface area (Å²) < 4.78 is 37.1. The molecule has 25 heavy (non-hydrogen) atoms. The standard InChI is InChI=1S/C18H20N2O4S/c1-23-18-5-3-2-4-15(18)14-19-16-6-8-17(9-7-16)25(21,22)20-10-12-24-13-11-20/h2-9,14H,10-13H2,1H3. The Morgan fingerprint density at radius 3 is 2.44 bits per heavy atom. The zero-order valence-corrected chi connectivity index (χ0v) is 14.8. The molecule has 1 aliphatic rings. The van der Waals surface area contributed by atoms with Gasteiger partial charge in [0, 0.05) is 24.9 Å². The quantitative estimate of drug-likeness (QED) is 0.768. The van der Waals surface area contributed by atoms with Gasteiger partial charge in [0.15, 0.2) is 0 Å². The van der Waals surface area contributed by atoms with Crippen molar-refractivity contribution in [3.63, 3.8) is 0 Å². The molecule has 1 fully saturated rings. The van der Waals surface area contributed by atoms with Crippen LogP contribution in [0.5, 0.6) is 5.75 Å². The van der Waals surface area contributed by atoms with Crippen LogP contribution in [0.25, 0.3) is 0 Å². The van der Waals surface area contributed by atoms with E-state index in [-0.39, 0.29) is 4.90 Å². The van der Waals surface area contributed by atoms with Crippen molar-refractivity contribution in [2.45, 2.75) is 4.90 Å². The number of nitrogens with zero attached hydrogens (tertiary/aromatic N) is 2. The Labute approximate surface area is 147 Å². The average molecular weight is 360 g/mol. The first-order valence-corrected chi connectivity index (χ1v) is 9.40. The van der Waals surface area contributed by atoms with E-state index in [4.69, 9.17) is 9.47 Å². The minimum atomic E-state index is -3.48. The van der Waals surface area contributed by atoms with Crippen LogP contribution in [0.15, 0.2) is 58.4 Å². The van der Waals surface area contributed by atoms with Gasteiger partial charge in [0.1, 0.15) is 5.75 Å². The lowest BCUT2D eigenvalue weighted by Gasteiger charge is -2.26. The molecule has 0 unspecified atom stereocenters. The zero-order chi connectivity index (χ0) is 17.7. The molecule has 132 valence electrons. The number of morpholine rings is 1. The van der Waals surface area contributed by atoms with Gasteiger partial charge in [-0.3, -0.25) is 4.99 Å². The molecule has 1 saturated heterocycles. The average Bonchev–Trinajstić information content (AvgIpc) is 2.67. The van der Waals surface area contributed by atoms with Crippen molar-refractivity contribution in [2.75, 3.05) is 33.4 Å². The van der Waals surface area contributed by atoms with Crippen LogP contribution in [0.2, 0.25) is 0 Å². The second-order valence-electron chi connectivity index (χ2n) is 5.51. The summed E-state index contributed by atoms with van der Waals surface area (Å²) in [5.74, 6) is 0.734. The van der Waals surface area contributed by atoms with Crippen LogP contribution in [-0.2, 0) is 14.8 Å². The lowest BCUT2D eigenvalue weighted by Crippen LogP contribution is -2.40. The van der Waals surface area contributed by atoms with E-state index in [2.05, 4.69) is 4.99 Å². The third-order valence-corrected chi connectivity index (χ3v) is 5.85. The first-order chi connectivity index (χ1) is 12.1. The fourth-order valence-electron chi connectivity index (χ4n) is 2.56. The number of benzene rings is 2. The molecule has 0 radical (unpaired) electrons. The second kappa shape index (κ2) is 7.77. The topological polar surface area (TPSA) is 68.2 Å². The molecule has 0 aliphatic carbocycles. The van der Waals surface area contributed by atoms with Crippen LogP contribution in [0.1, 0.15) is 5.56 Å². The van der Waals surface area contributed by atoms with E-state index in [0.717, 1.165) is 11.3 Å². The number of aliphatic imine (C=N–C) groups is 1. The van der Waals surface area contributed by atoms with Crippen molar-refractivity contribution in [3.8, 4) is 5.75 Å². The minimum Gasteiger partial charge on any atom is -0.496 e. The van der Waals surface area contributed by atoms with E-state index in [0.29, 0.717) is 32.0 Å². The van der Waals surface area contributed by atoms with Crippen molar-refractivity contribution < 1.29 is 17.9 Å². The first-order valence-electron chi connectivity index (χ1n) is 7.96. The molecule has 0 bridgehead atoms. The van der Waals surface area contributed by atoms with Crippen molar-refractivity contribution >= 4 is 21.9 Å². The van der Waals surface area contributed by atoms with Gasteiger partial charge in [-0.25, -0.2) is 8.42 Å². The summed E-state index contributed by atoms with van der Waals surface area (Å²) in [6, 6.07) is 14.1. The highest BCUT2D eigenvalue weighted by Crippen LogP contribution is 2.21. The lowest BCUT2D eigenvalue weighted by molar-refractivity contribution is 0.0730. The summed E-state index contributed by atoms with van der Waals surface area (Å²) in [6.45, 7) is 1.63. The number of ether oxygens (including phenoxy) is 2. The van der Waals surface area contributed by atoms with Crippen molar-refractivity contribution in [3.05, 3.63) is 54.1 Å². The summed E-state index contributed by atoms with van der Waals surface area (Å²) in [7, 11) is -1.87. The molecule has 0 aromatic heterocycles. The van der Waals surface area contributed by atoms with Gasteiger partial charge in [-0.15, -0.1) is 0 Å². The molecule has 0 N–H and O–H groups in total. The molecule has 2 aromatic carbocycles. The molecule has 2 aromatic rings. The molecule has 1 heterocycles. The van der Waals surface area contributed by atoms with E-state index in [1.807, 2.05) is 24.3 Å². The van der Waals surface area contributed by atoms with Crippen LogP contribution < -0.4 is 4.74 Å². The van der Waals surface area contributed by atoms with Crippen molar-refractivity contribution in [1.82, 2.24) is 4.31 Å². The van der Waals surface area contributed by atoms with E-state index in [1.54, 1.807) is 37.6 Å². The Balaban J connectivity index is 1.77. The van der Waals surface area contributed by atoms with Gasteiger partial charge in [-0.05, 0) is 36.4 Å². The van der Waals surface area contributed by atoms with Crippen LogP contribution >= 0.6 is 0 Å². The monoisotopic (exact) mass is 360 g/mol. The number of para-hydroxylation sites is 1. The Hall–Kier alpha value is -2.22. The van der Waals surface area contributed by atoms with Crippen LogP contribution in [-0.4, -0.2) is 52.4 Å². The largest absolute Gasteiger partial charge is 0.496 e. The highest BCUT2D eigenvalue weighted by atomic mass is 32.2. The number of rotatable bonds is 5. The summed E-state index contributed by atoms with van der Waals surface area (Å²) in [4.78, 5) is 4.66. The fourth-order valence-corrected chi connectivity index (χ4v) is 3.97. The molecule has 0 amide bonds. The number of sulfonamides is 1. The SMILES string of the molecule is COc1ccccc1C=Nc1ccc(S(=O)(=O)N2CCOCC2)cc1. The van der Waals surface area contributed by atoms with Crippen molar-refractivity contribution in [1.29, 1.82) is 0 Å². The smallest absolute Gasteiger partial charge is 0.243 e. The molecule has 0 saturated carbocycles. The molecular formula is C18H20N2O4S. The Morgan fingerprint density at radius 2 is 1.76 bits per heavy atom. The summed E-state index contributed by atoms with van der Waals surface area (Å²) >= 11 is 0. The summed E-state index contributed by atoms with van der Waals surface area (Å²) in [5, 5.41) is 0. The normalized spacial score (nSPS) is 16.2. The predicted octanol–water partition coefficient (Wildman–Crippen LogP) is 2.47. The molecule has 0 atom stereocenters. The number of hydrogen-bond donors (Lipinski definition) is 0. The third kappa shape index (κ3) is 4.07. The van der Waals surface area contributed by atoms with Gasteiger partial charge in [0.2, 0.25) is 10.0 Å². The maximum absolute atomic E-state index is 12.6. The lowest BCUT2D eigenvalue weighted by atomic mass is 10.2. The van der Waals surface area contributed by atoms with Gasteiger partial charge in [0.25, 0.3) is 0 Å². The highest BCUT2D eigenvalue weighted by Gasteiger charge is 2.25. The summed E-state index contributed by atoms with van der Waals surface area (Å²) in [6.07, 6.45) is 1.70.